The van der Waals surface area contributed by atoms with E-state index < -0.39 is 12.1 Å². The highest BCUT2D eigenvalue weighted by molar-refractivity contribution is 5.70. The SMILES string of the molecule is CCCCCCCCCCCCCC(=O)OCC(CCCCOC1(C)OCC[N+](C)(C)CCO1)OC(=O)CCCCCCCCCCCCC. The number of likely N-dealkylation sites (N-methyl/N-ethyl adjacent to an activating group) is 1. The van der Waals surface area contributed by atoms with E-state index in [0.717, 1.165) is 56.1 Å². The van der Waals surface area contributed by atoms with E-state index in [1.165, 1.54) is 116 Å². The molecular weight excluding hydrogens is 630 g/mol. The lowest BCUT2D eigenvalue weighted by molar-refractivity contribution is -0.894. The van der Waals surface area contributed by atoms with Gasteiger partial charge in [-0.05, 0) is 32.1 Å². The minimum absolute atomic E-state index is 0.125. The molecule has 1 aliphatic heterocycles. The Morgan fingerprint density at radius 2 is 1.02 bits per heavy atom. The van der Waals surface area contributed by atoms with Crippen LogP contribution in [0.2, 0.25) is 0 Å². The zero-order valence-corrected chi connectivity index (χ0v) is 33.7. The van der Waals surface area contributed by atoms with Crippen molar-refractivity contribution in [1.82, 2.24) is 0 Å². The first kappa shape index (κ1) is 46.8. The van der Waals surface area contributed by atoms with Crippen molar-refractivity contribution >= 4 is 11.9 Å². The Morgan fingerprint density at radius 3 is 1.48 bits per heavy atom. The average Bonchev–Trinajstić information content (AvgIpc) is 3.07. The van der Waals surface area contributed by atoms with Crippen LogP contribution in [0.4, 0.5) is 0 Å². The van der Waals surface area contributed by atoms with E-state index in [9.17, 15) is 9.59 Å². The highest BCUT2D eigenvalue weighted by atomic mass is 16.9. The fourth-order valence-corrected chi connectivity index (χ4v) is 6.47. The van der Waals surface area contributed by atoms with Gasteiger partial charge >= 0.3 is 11.9 Å². The highest BCUT2D eigenvalue weighted by Crippen LogP contribution is 2.20. The summed E-state index contributed by atoms with van der Waals surface area (Å²) in [6.45, 7) is 9.93. The van der Waals surface area contributed by atoms with Gasteiger partial charge in [0.2, 0.25) is 0 Å². The molecule has 1 heterocycles. The zero-order valence-electron chi connectivity index (χ0n) is 33.7. The van der Waals surface area contributed by atoms with E-state index in [-0.39, 0.29) is 18.5 Å². The van der Waals surface area contributed by atoms with Crippen LogP contribution in [0.3, 0.4) is 0 Å². The summed E-state index contributed by atoms with van der Waals surface area (Å²) in [6, 6.07) is 0. The standard InChI is InChI=1S/C42H82NO7/c1-6-8-10-12-14-16-18-20-22-24-26-31-40(44)46-38-39(50-41(45)32-27-25-23-21-19-17-15-13-11-9-7-2)30-28-29-35-47-42(3)48-36-33-43(4,5)34-37-49-42/h39H,6-38H2,1-5H3/q+1. The minimum Gasteiger partial charge on any atom is -0.462 e. The van der Waals surface area contributed by atoms with Crippen molar-refractivity contribution in [3.63, 3.8) is 0 Å². The Hall–Kier alpha value is -1.22. The van der Waals surface area contributed by atoms with Gasteiger partial charge in [0, 0.05) is 19.8 Å². The van der Waals surface area contributed by atoms with Crippen molar-refractivity contribution < 1.29 is 37.8 Å². The Labute approximate surface area is 309 Å². The summed E-state index contributed by atoms with van der Waals surface area (Å²) in [5.41, 5.74) is 0. The number of carbonyl (C=O) groups is 2. The van der Waals surface area contributed by atoms with E-state index in [0.29, 0.717) is 39.1 Å². The van der Waals surface area contributed by atoms with Crippen LogP contribution in [0.1, 0.15) is 194 Å². The van der Waals surface area contributed by atoms with Crippen molar-refractivity contribution in [1.29, 1.82) is 0 Å². The van der Waals surface area contributed by atoms with Crippen molar-refractivity contribution in [2.45, 2.75) is 206 Å². The van der Waals surface area contributed by atoms with Gasteiger partial charge in [-0.1, -0.05) is 142 Å². The molecule has 50 heavy (non-hydrogen) atoms. The summed E-state index contributed by atoms with van der Waals surface area (Å²) in [4.78, 5) is 25.3. The number of carbonyl (C=O) groups excluding carboxylic acids is 2. The molecule has 0 spiro atoms. The predicted molar refractivity (Wildman–Crippen MR) is 205 cm³/mol. The molecule has 1 aliphatic rings. The molecule has 0 N–H and O–H groups in total. The van der Waals surface area contributed by atoms with Crippen LogP contribution in [0.15, 0.2) is 0 Å². The van der Waals surface area contributed by atoms with Crippen LogP contribution in [0.25, 0.3) is 0 Å². The van der Waals surface area contributed by atoms with E-state index in [1.54, 1.807) is 0 Å². The Kier molecular flexibility index (Phi) is 29.3. The summed E-state index contributed by atoms with van der Waals surface area (Å²) in [7, 11) is 4.35. The smallest absolute Gasteiger partial charge is 0.306 e. The molecule has 1 fully saturated rings. The maximum atomic E-state index is 12.8. The molecule has 0 saturated carbocycles. The molecule has 1 atom stereocenters. The van der Waals surface area contributed by atoms with Gasteiger partial charge in [-0.2, -0.15) is 0 Å². The molecule has 0 amide bonds. The van der Waals surface area contributed by atoms with Gasteiger partial charge in [-0.3, -0.25) is 9.59 Å². The molecule has 0 bridgehead atoms. The number of hydrogen-bond donors (Lipinski definition) is 0. The maximum Gasteiger partial charge on any atom is 0.306 e. The van der Waals surface area contributed by atoms with Gasteiger partial charge in [-0.15, -0.1) is 0 Å². The molecule has 1 unspecified atom stereocenters. The second-order valence-corrected chi connectivity index (χ2v) is 15.7. The zero-order chi connectivity index (χ0) is 36.6. The van der Waals surface area contributed by atoms with Crippen LogP contribution in [0, 0.1) is 0 Å². The second kappa shape index (κ2) is 31.3. The number of esters is 2. The van der Waals surface area contributed by atoms with Gasteiger partial charge in [0.25, 0.3) is 5.97 Å². The maximum absolute atomic E-state index is 12.8. The largest absolute Gasteiger partial charge is 0.462 e. The Bertz CT molecular complexity index is 793. The van der Waals surface area contributed by atoms with Crippen molar-refractivity contribution in [2.75, 3.05) is 53.6 Å². The van der Waals surface area contributed by atoms with Crippen molar-refractivity contribution in [2.24, 2.45) is 0 Å². The molecule has 296 valence electrons. The Morgan fingerprint density at radius 1 is 0.600 bits per heavy atom. The van der Waals surface area contributed by atoms with Crippen LogP contribution < -0.4 is 0 Å². The third-order valence-corrected chi connectivity index (χ3v) is 10.1. The lowest BCUT2D eigenvalue weighted by Crippen LogP contribution is -2.51. The number of rotatable bonds is 33. The van der Waals surface area contributed by atoms with Crippen molar-refractivity contribution in [3.05, 3.63) is 0 Å². The molecule has 1 rings (SSSR count). The van der Waals surface area contributed by atoms with E-state index in [4.69, 9.17) is 23.7 Å². The number of quaternary nitrogens is 1. The second-order valence-electron chi connectivity index (χ2n) is 15.7. The molecule has 8 heteroatoms. The first-order valence-electron chi connectivity index (χ1n) is 21.3. The fourth-order valence-electron chi connectivity index (χ4n) is 6.47. The van der Waals surface area contributed by atoms with Crippen LogP contribution in [-0.2, 0) is 33.3 Å². The van der Waals surface area contributed by atoms with Gasteiger partial charge in [-0.25, -0.2) is 0 Å². The first-order valence-corrected chi connectivity index (χ1v) is 21.3. The molecule has 0 aromatic carbocycles. The predicted octanol–water partition coefficient (Wildman–Crippen LogP) is 10.8. The number of nitrogens with zero attached hydrogens (tertiary/aromatic N) is 1. The molecule has 0 aromatic rings. The van der Waals surface area contributed by atoms with Gasteiger partial charge < -0.3 is 28.2 Å². The average molecular weight is 713 g/mol. The summed E-state index contributed by atoms with van der Waals surface area (Å²) < 4.78 is 30.2. The first-order chi connectivity index (χ1) is 24.2. The lowest BCUT2D eigenvalue weighted by atomic mass is 10.1. The van der Waals surface area contributed by atoms with Crippen molar-refractivity contribution in [3.8, 4) is 0 Å². The monoisotopic (exact) mass is 713 g/mol. The van der Waals surface area contributed by atoms with E-state index >= 15 is 0 Å². The molecule has 8 nitrogen and oxygen atoms in total. The van der Waals surface area contributed by atoms with E-state index in [2.05, 4.69) is 27.9 Å². The summed E-state index contributed by atoms with van der Waals surface area (Å²) in [5.74, 6) is -1.41. The van der Waals surface area contributed by atoms with Crippen LogP contribution >= 0.6 is 0 Å². The van der Waals surface area contributed by atoms with Crippen LogP contribution in [-0.4, -0.2) is 82.1 Å². The fraction of sp³-hybridized carbons (Fsp3) is 0.952. The molecule has 0 aromatic heterocycles. The number of unbranched alkanes of at least 4 members (excludes halogenated alkanes) is 21. The summed E-state index contributed by atoms with van der Waals surface area (Å²) >= 11 is 0. The topological polar surface area (TPSA) is 80.3 Å². The summed E-state index contributed by atoms with van der Waals surface area (Å²) in [5, 5.41) is 0. The molecular formula is C42H82NO7+. The molecule has 0 radical (unpaired) electrons. The molecule has 0 aliphatic carbocycles. The number of hydrogen-bond acceptors (Lipinski definition) is 7. The third-order valence-electron chi connectivity index (χ3n) is 10.1. The van der Waals surface area contributed by atoms with E-state index in [1.807, 2.05) is 6.92 Å². The minimum atomic E-state index is -1.04. The summed E-state index contributed by atoms with van der Waals surface area (Å²) in [6.07, 6.45) is 30.0. The number of ether oxygens (including phenoxy) is 5. The van der Waals surface area contributed by atoms with Gasteiger partial charge in [0.05, 0.1) is 20.7 Å². The van der Waals surface area contributed by atoms with Gasteiger partial charge in [0.15, 0.2) is 0 Å². The lowest BCUT2D eigenvalue weighted by Gasteiger charge is -2.37. The normalized spacial score (nSPS) is 16.4. The molecule has 1 saturated heterocycles. The highest BCUT2D eigenvalue weighted by Gasteiger charge is 2.32. The Balaban J connectivity index is 2.35. The van der Waals surface area contributed by atoms with Crippen LogP contribution in [0.5, 0.6) is 0 Å². The third kappa shape index (κ3) is 28.4. The van der Waals surface area contributed by atoms with Gasteiger partial charge in [0.1, 0.15) is 39.0 Å². The quantitative estimate of drug-likeness (QED) is 0.0381.